The number of rotatable bonds is 3. The maximum absolute atomic E-state index is 5.76. The molecule has 0 saturated carbocycles. The molecule has 0 fully saturated rings. The SMILES string of the molecule is CCNc1cncc(-c2cc3ccccc3o2)n1. The molecule has 3 rings (SSSR count). The molecular formula is C14H13N3O. The Morgan fingerprint density at radius 2 is 2.11 bits per heavy atom. The summed E-state index contributed by atoms with van der Waals surface area (Å²) in [6, 6.07) is 9.89. The molecule has 4 heteroatoms. The number of aromatic nitrogens is 2. The number of nitrogens with one attached hydrogen (secondary N) is 1. The summed E-state index contributed by atoms with van der Waals surface area (Å²) in [5.41, 5.74) is 1.60. The third-order valence-electron chi connectivity index (χ3n) is 2.67. The van der Waals surface area contributed by atoms with E-state index >= 15 is 0 Å². The zero-order chi connectivity index (χ0) is 12.4. The molecule has 4 nitrogen and oxygen atoms in total. The smallest absolute Gasteiger partial charge is 0.155 e. The lowest BCUT2D eigenvalue weighted by Gasteiger charge is -2.02. The topological polar surface area (TPSA) is 51.0 Å². The number of nitrogens with zero attached hydrogens (tertiary/aromatic N) is 2. The first-order valence-electron chi connectivity index (χ1n) is 5.91. The fraction of sp³-hybridized carbons (Fsp3) is 0.143. The highest BCUT2D eigenvalue weighted by Crippen LogP contribution is 2.26. The zero-order valence-corrected chi connectivity index (χ0v) is 10.1. The minimum Gasteiger partial charge on any atom is -0.454 e. The Bertz CT molecular complexity index is 642. The number of hydrogen-bond donors (Lipinski definition) is 1. The van der Waals surface area contributed by atoms with Gasteiger partial charge in [0.25, 0.3) is 0 Å². The molecule has 0 amide bonds. The fourth-order valence-corrected chi connectivity index (χ4v) is 1.86. The normalized spacial score (nSPS) is 10.7. The van der Waals surface area contributed by atoms with E-state index in [4.69, 9.17) is 4.42 Å². The maximum Gasteiger partial charge on any atom is 0.155 e. The van der Waals surface area contributed by atoms with E-state index in [1.165, 1.54) is 0 Å². The molecule has 90 valence electrons. The minimum atomic E-state index is 0.739. The number of para-hydroxylation sites is 1. The first kappa shape index (κ1) is 10.8. The first-order chi connectivity index (χ1) is 8.86. The van der Waals surface area contributed by atoms with Crippen molar-refractivity contribution in [3.8, 4) is 11.5 Å². The second-order valence-electron chi connectivity index (χ2n) is 3.97. The highest BCUT2D eigenvalue weighted by atomic mass is 16.3. The third kappa shape index (κ3) is 1.93. The van der Waals surface area contributed by atoms with Gasteiger partial charge in [-0.15, -0.1) is 0 Å². The number of furan rings is 1. The number of benzene rings is 1. The van der Waals surface area contributed by atoms with Crippen LogP contribution in [0.5, 0.6) is 0 Å². The molecule has 0 saturated heterocycles. The molecule has 18 heavy (non-hydrogen) atoms. The Balaban J connectivity index is 2.05. The van der Waals surface area contributed by atoms with E-state index < -0.39 is 0 Å². The largest absolute Gasteiger partial charge is 0.454 e. The van der Waals surface area contributed by atoms with Gasteiger partial charge in [0.15, 0.2) is 5.76 Å². The van der Waals surface area contributed by atoms with E-state index in [0.29, 0.717) is 0 Å². The number of fused-ring (bicyclic) bond motifs is 1. The highest BCUT2D eigenvalue weighted by Gasteiger charge is 2.07. The van der Waals surface area contributed by atoms with Crippen LogP contribution in [0.1, 0.15) is 6.92 Å². The van der Waals surface area contributed by atoms with Gasteiger partial charge >= 0.3 is 0 Å². The Kier molecular flexibility index (Phi) is 2.68. The van der Waals surface area contributed by atoms with Crippen LogP contribution in [-0.4, -0.2) is 16.5 Å². The van der Waals surface area contributed by atoms with Gasteiger partial charge in [0.05, 0.1) is 12.4 Å². The van der Waals surface area contributed by atoms with Crippen LogP contribution in [0, 0.1) is 0 Å². The van der Waals surface area contributed by atoms with Crippen molar-refractivity contribution >= 4 is 16.8 Å². The number of anilines is 1. The van der Waals surface area contributed by atoms with Crippen LogP contribution in [0.15, 0.2) is 47.1 Å². The minimum absolute atomic E-state index is 0.739. The van der Waals surface area contributed by atoms with Crippen molar-refractivity contribution < 1.29 is 4.42 Å². The molecule has 2 aromatic heterocycles. The highest BCUT2D eigenvalue weighted by molar-refractivity contribution is 5.82. The van der Waals surface area contributed by atoms with Gasteiger partial charge in [-0.05, 0) is 19.1 Å². The second kappa shape index (κ2) is 4.49. The van der Waals surface area contributed by atoms with Crippen LogP contribution in [-0.2, 0) is 0 Å². The summed E-state index contributed by atoms with van der Waals surface area (Å²) in [7, 11) is 0. The number of hydrogen-bond acceptors (Lipinski definition) is 4. The molecule has 0 unspecified atom stereocenters. The third-order valence-corrected chi connectivity index (χ3v) is 2.67. The predicted octanol–water partition coefficient (Wildman–Crippen LogP) is 3.32. The molecule has 0 aliphatic rings. The molecule has 0 atom stereocenters. The van der Waals surface area contributed by atoms with Crippen LogP contribution < -0.4 is 5.32 Å². The van der Waals surface area contributed by atoms with Crippen LogP contribution in [0.4, 0.5) is 5.82 Å². The molecule has 1 N–H and O–H groups in total. The lowest BCUT2D eigenvalue weighted by molar-refractivity contribution is 0.628. The van der Waals surface area contributed by atoms with Crippen LogP contribution >= 0.6 is 0 Å². The standard InChI is InChI=1S/C14H13N3O/c1-2-16-14-9-15-8-11(17-14)13-7-10-5-3-4-6-12(10)18-13/h3-9H,2H2,1H3,(H,16,17). The molecule has 2 heterocycles. The fourth-order valence-electron chi connectivity index (χ4n) is 1.86. The van der Waals surface area contributed by atoms with Crippen molar-refractivity contribution in [2.75, 3.05) is 11.9 Å². The molecule has 0 aliphatic carbocycles. The van der Waals surface area contributed by atoms with E-state index in [0.717, 1.165) is 34.8 Å². The van der Waals surface area contributed by atoms with Gasteiger partial charge in [-0.25, -0.2) is 4.98 Å². The summed E-state index contributed by atoms with van der Waals surface area (Å²) < 4.78 is 5.76. The van der Waals surface area contributed by atoms with Gasteiger partial charge < -0.3 is 9.73 Å². The van der Waals surface area contributed by atoms with Gasteiger partial charge in [0.1, 0.15) is 17.1 Å². The lowest BCUT2D eigenvalue weighted by Crippen LogP contribution is -2.00. The Labute approximate surface area is 105 Å². The summed E-state index contributed by atoms with van der Waals surface area (Å²) in [4.78, 5) is 8.63. The van der Waals surface area contributed by atoms with E-state index in [1.54, 1.807) is 12.4 Å². The lowest BCUT2D eigenvalue weighted by atomic mass is 10.2. The second-order valence-corrected chi connectivity index (χ2v) is 3.97. The predicted molar refractivity (Wildman–Crippen MR) is 71.4 cm³/mol. The first-order valence-corrected chi connectivity index (χ1v) is 5.91. The van der Waals surface area contributed by atoms with Crippen LogP contribution in [0.3, 0.4) is 0 Å². The zero-order valence-electron chi connectivity index (χ0n) is 10.1. The average Bonchev–Trinajstić information content (AvgIpc) is 2.83. The molecule has 0 radical (unpaired) electrons. The van der Waals surface area contributed by atoms with Gasteiger partial charge in [0.2, 0.25) is 0 Å². The molecule has 0 spiro atoms. The van der Waals surface area contributed by atoms with Gasteiger partial charge in [-0.3, -0.25) is 4.98 Å². The van der Waals surface area contributed by atoms with Gasteiger partial charge in [-0.1, -0.05) is 18.2 Å². The van der Waals surface area contributed by atoms with E-state index in [1.807, 2.05) is 37.3 Å². The van der Waals surface area contributed by atoms with Crippen LogP contribution in [0.2, 0.25) is 0 Å². The molecule has 3 aromatic rings. The summed E-state index contributed by atoms with van der Waals surface area (Å²) >= 11 is 0. The maximum atomic E-state index is 5.76. The van der Waals surface area contributed by atoms with Crippen molar-refractivity contribution in [1.29, 1.82) is 0 Å². The quantitative estimate of drug-likeness (QED) is 0.761. The van der Waals surface area contributed by atoms with Crippen molar-refractivity contribution in [3.63, 3.8) is 0 Å². The molecular weight excluding hydrogens is 226 g/mol. The van der Waals surface area contributed by atoms with Crippen LogP contribution in [0.25, 0.3) is 22.4 Å². The monoisotopic (exact) mass is 239 g/mol. The molecule has 0 bridgehead atoms. The van der Waals surface area contributed by atoms with Gasteiger partial charge in [-0.2, -0.15) is 0 Å². The summed E-state index contributed by atoms with van der Waals surface area (Å²) in [6.07, 6.45) is 3.41. The van der Waals surface area contributed by atoms with Crippen molar-refractivity contribution in [2.45, 2.75) is 6.92 Å². The molecule has 0 aliphatic heterocycles. The Morgan fingerprint density at radius 3 is 2.94 bits per heavy atom. The van der Waals surface area contributed by atoms with Gasteiger partial charge in [0, 0.05) is 11.9 Å². The molecule has 1 aromatic carbocycles. The van der Waals surface area contributed by atoms with E-state index in [2.05, 4.69) is 15.3 Å². The summed E-state index contributed by atoms with van der Waals surface area (Å²) in [5, 5.41) is 4.21. The van der Waals surface area contributed by atoms with E-state index in [-0.39, 0.29) is 0 Å². The van der Waals surface area contributed by atoms with Crippen molar-refractivity contribution in [3.05, 3.63) is 42.7 Å². The van der Waals surface area contributed by atoms with E-state index in [9.17, 15) is 0 Å². The summed E-state index contributed by atoms with van der Waals surface area (Å²) in [6.45, 7) is 2.84. The summed E-state index contributed by atoms with van der Waals surface area (Å²) in [5.74, 6) is 1.50. The van der Waals surface area contributed by atoms with Crippen molar-refractivity contribution in [2.24, 2.45) is 0 Å². The Morgan fingerprint density at radius 1 is 1.22 bits per heavy atom. The average molecular weight is 239 g/mol. The Hall–Kier alpha value is -2.36. The van der Waals surface area contributed by atoms with Crippen molar-refractivity contribution in [1.82, 2.24) is 9.97 Å².